The molecule has 3 aliphatic carbocycles. The van der Waals surface area contributed by atoms with E-state index in [2.05, 4.69) is 13.0 Å². The summed E-state index contributed by atoms with van der Waals surface area (Å²) in [6.07, 6.45) is 8.97. The Morgan fingerprint density at radius 3 is 2.95 bits per heavy atom. The number of fused-ring (bicyclic) bond motifs is 5. The molecule has 1 aromatic carbocycles. The van der Waals surface area contributed by atoms with Crippen molar-refractivity contribution >= 4 is 17.4 Å². The summed E-state index contributed by atoms with van der Waals surface area (Å²) >= 11 is 6.15. The van der Waals surface area contributed by atoms with Crippen LogP contribution in [-0.2, 0) is 11.2 Å². The molecule has 1 aromatic rings. The summed E-state index contributed by atoms with van der Waals surface area (Å²) < 4.78 is 0. The highest BCUT2D eigenvalue weighted by Crippen LogP contribution is 2.57. The highest BCUT2D eigenvalue weighted by molar-refractivity contribution is 6.32. The second-order valence-corrected chi connectivity index (χ2v) is 7.78. The monoisotopic (exact) mass is 316 g/mol. The fraction of sp³-hybridized carbons (Fsp3) is 0.526. The topological polar surface area (TPSA) is 37.3 Å². The average molecular weight is 317 g/mol. The third-order valence-electron chi connectivity index (χ3n) is 6.40. The molecule has 0 bridgehead atoms. The van der Waals surface area contributed by atoms with Gasteiger partial charge in [0, 0.05) is 5.41 Å². The van der Waals surface area contributed by atoms with E-state index in [0.29, 0.717) is 28.6 Å². The van der Waals surface area contributed by atoms with E-state index in [1.54, 1.807) is 6.08 Å². The molecular weight excluding hydrogens is 296 g/mol. The first kappa shape index (κ1) is 14.3. The number of hydrogen-bond acceptors (Lipinski definition) is 2. The fourth-order valence-electron chi connectivity index (χ4n) is 5.15. The van der Waals surface area contributed by atoms with Gasteiger partial charge in [0.2, 0.25) is 0 Å². The van der Waals surface area contributed by atoms with E-state index >= 15 is 0 Å². The van der Waals surface area contributed by atoms with E-state index in [1.165, 1.54) is 11.1 Å². The molecule has 4 atom stereocenters. The Bertz CT molecular complexity index is 678. The number of benzene rings is 1. The van der Waals surface area contributed by atoms with Crippen molar-refractivity contribution in [3.63, 3.8) is 0 Å². The molecule has 3 heteroatoms. The number of allylic oxidation sites excluding steroid dienone is 2. The van der Waals surface area contributed by atoms with Crippen molar-refractivity contribution in [2.75, 3.05) is 0 Å². The van der Waals surface area contributed by atoms with Crippen LogP contribution in [0.1, 0.15) is 49.7 Å². The number of hydrogen-bond donors (Lipinski definition) is 1. The Labute approximate surface area is 136 Å². The molecule has 1 fully saturated rings. The van der Waals surface area contributed by atoms with E-state index in [1.807, 2.05) is 12.1 Å². The first-order valence-electron chi connectivity index (χ1n) is 8.23. The number of carbonyl (C=O) groups is 1. The highest BCUT2D eigenvalue weighted by atomic mass is 35.5. The van der Waals surface area contributed by atoms with Crippen LogP contribution < -0.4 is 0 Å². The van der Waals surface area contributed by atoms with Crippen LogP contribution in [0.4, 0.5) is 0 Å². The van der Waals surface area contributed by atoms with Crippen LogP contribution in [0.2, 0.25) is 5.02 Å². The van der Waals surface area contributed by atoms with Crippen LogP contribution in [0.15, 0.2) is 24.3 Å². The highest BCUT2D eigenvalue weighted by Gasteiger charge is 2.51. The molecule has 0 radical (unpaired) electrons. The minimum atomic E-state index is -0.172. The minimum Gasteiger partial charge on any atom is -0.506 e. The molecule has 0 saturated heterocycles. The van der Waals surface area contributed by atoms with Crippen molar-refractivity contribution in [3.8, 4) is 5.75 Å². The van der Waals surface area contributed by atoms with Gasteiger partial charge in [-0.1, -0.05) is 24.6 Å². The summed E-state index contributed by atoms with van der Waals surface area (Å²) in [5, 5.41) is 10.3. The number of phenols is 1. The lowest BCUT2D eigenvalue weighted by atomic mass is 9.51. The first-order chi connectivity index (χ1) is 10.5. The fourth-order valence-corrected chi connectivity index (χ4v) is 5.33. The van der Waals surface area contributed by atoms with Gasteiger partial charge in [0.05, 0.1) is 5.02 Å². The van der Waals surface area contributed by atoms with Crippen molar-refractivity contribution in [3.05, 3.63) is 40.4 Å². The Morgan fingerprint density at radius 1 is 1.32 bits per heavy atom. The summed E-state index contributed by atoms with van der Waals surface area (Å²) in [5.74, 6) is 2.00. The van der Waals surface area contributed by atoms with Crippen LogP contribution >= 0.6 is 11.6 Å². The van der Waals surface area contributed by atoms with Crippen molar-refractivity contribution in [1.29, 1.82) is 0 Å². The normalized spacial score (nSPS) is 36.5. The smallest absolute Gasteiger partial charge is 0.161 e. The lowest BCUT2D eigenvalue weighted by molar-refractivity contribution is -0.131. The molecule has 1 saturated carbocycles. The van der Waals surface area contributed by atoms with E-state index in [-0.39, 0.29) is 11.2 Å². The molecule has 3 aliphatic rings. The zero-order valence-corrected chi connectivity index (χ0v) is 13.6. The standard InChI is InChI=1S/C19H21ClO2/c1-19-8-7-12-13(15(19)3-2-4-18(19)22)6-5-11-9-17(21)16(20)10-14(11)12/h2,4,9-10,12-13,15,21H,3,5-8H2,1H3/t12-,13+,15-,19-/m0/s1. The van der Waals surface area contributed by atoms with E-state index in [0.717, 1.165) is 32.1 Å². The number of rotatable bonds is 0. The molecule has 22 heavy (non-hydrogen) atoms. The van der Waals surface area contributed by atoms with Gasteiger partial charge in [-0.2, -0.15) is 0 Å². The molecule has 0 aromatic heterocycles. The number of phenolic OH excluding ortho intramolecular Hbond substituents is 1. The maximum atomic E-state index is 12.4. The predicted octanol–water partition coefficient (Wildman–Crippen LogP) is 4.64. The van der Waals surface area contributed by atoms with Gasteiger partial charge in [0.15, 0.2) is 5.78 Å². The number of aromatic hydroxyl groups is 1. The first-order valence-corrected chi connectivity index (χ1v) is 8.61. The van der Waals surface area contributed by atoms with Crippen LogP contribution in [0.5, 0.6) is 5.75 Å². The molecule has 0 spiro atoms. The molecule has 4 rings (SSSR count). The Hall–Kier alpha value is -1.28. The Balaban J connectivity index is 1.75. The van der Waals surface area contributed by atoms with Crippen LogP contribution in [0.3, 0.4) is 0 Å². The predicted molar refractivity (Wildman–Crippen MR) is 87.3 cm³/mol. The van der Waals surface area contributed by atoms with Gasteiger partial charge in [0.25, 0.3) is 0 Å². The van der Waals surface area contributed by atoms with Crippen molar-refractivity contribution in [2.45, 2.75) is 44.9 Å². The number of ketones is 1. The van der Waals surface area contributed by atoms with Gasteiger partial charge in [-0.05, 0) is 79.2 Å². The zero-order chi connectivity index (χ0) is 15.5. The lowest BCUT2D eigenvalue weighted by Gasteiger charge is -2.52. The third-order valence-corrected chi connectivity index (χ3v) is 6.71. The molecular formula is C19H21ClO2. The molecule has 2 nitrogen and oxygen atoms in total. The quantitative estimate of drug-likeness (QED) is 0.757. The summed E-state index contributed by atoms with van der Waals surface area (Å²) in [7, 11) is 0. The second-order valence-electron chi connectivity index (χ2n) is 7.38. The third kappa shape index (κ3) is 1.89. The van der Waals surface area contributed by atoms with Crippen molar-refractivity contribution in [1.82, 2.24) is 0 Å². The van der Waals surface area contributed by atoms with Crippen LogP contribution in [-0.4, -0.2) is 10.9 Å². The van der Waals surface area contributed by atoms with Crippen LogP contribution in [0.25, 0.3) is 0 Å². The average Bonchev–Trinajstić information content (AvgIpc) is 2.49. The zero-order valence-electron chi connectivity index (χ0n) is 12.8. The molecule has 0 unspecified atom stereocenters. The summed E-state index contributed by atoms with van der Waals surface area (Å²) in [6, 6.07) is 3.81. The van der Waals surface area contributed by atoms with Crippen molar-refractivity contribution in [2.24, 2.45) is 17.3 Å². The number of halogens is 1. The van der Waals surface area contributed by atoms with Gasteiger partial charge >= 0.3 is 0 Å². The SMILES string of the molecule is C[C@]12CC[C@@H]3c4cc(Cl)c(O)cc4CC[C@H]3[C@@H]1CC=CC2=O. The molecule has 116 valence electrons. The van der Waals surface area contributed by atoms with Crippen LogP contribution in [0, 0.1) is 17.3 Å². The Morgan fingerprint density at radius 2 is 2.14 bits per heavy atom. The minimum absolute atomic E-state index is 0.172. The summed E-state index contributed by atoms with van der Waals surface area (Å²) in [4.78, 5) is 12.4. The van der Waals surface area contributed by atoms with Gasteiger partial charge < -0.3 is 5.11 Å². The maximum absolute atomic E-state index is 12.4. The molecule has 0 aliphatic heterocycles. The number of aryl methyl sites for hydroxylation is 1. The van der Waals surface area contributed by atoms with Gasteiger partial charge in [-0.3, -0.25) is 4.79 Å². The number of carbonyl (C=O) groups excluding carboxylic acids is 1. The van der Waals surface area contributed by atoms with E-state index in [9.17, 15) is 9.90 Å². The molecule has 0 amide bonds. The lowest BCUT2D eigenvalue weighted by Crippen LogP contribution is -2.47. The van der Waals surface area contributed by atoms with E-state index in [4.69, 9.17) is 11.6 Å². The Kier molecular flexibility index (Phi) is 3.16. The summed E-state index contributed by atoms with van der Waals surface area (Å²) in [6.45, 7) is 2.17. The largest absolute Gasteiger partial charge is 0.506 e. The van der Waals surface area contributed by atoms with Gasteiger partial charge in [-0.15, -0.1) is 0 Å². The molecule has 0 heterocycles. The second kappa shape index (κ2) is 4.86. The van der Waals surface area contributed by atoms with Gasteiger partial charge in [-0.25, -0.2) is 0 Å². The van der Waals surface area contributed by atoms with E-state index < -0.39 is 0 Å². The van der Waals surface area contributed by atoms with Crippen molar-refractivity contribution < 1.29 is 9.90 Å². The summed E-state index contributed by atoms with van der Waals surface area (Å²) in [5.41, 5.74) is 2.38. The molecule has 1 N–H and O–H groups in total. The maximum Gasteiger partial charge on any atom is 0.161 e. The van der Waals surface area contributed by atoms with Gasteiger partial charge in [0.1, 0.15) is 5.75 Å².